The van der Waals surface area contributed by atoms with E-state index in [2.05, 4.69) is 15.6 Å². The topological polar surface area (TPSA) is 71.1 Å². The Morgan fingerprint density at radius 1 is 1.40 bits per heavy atom. The van der Waals surface area contributed by atoms with Gasteiger partial charge in [-0.15, -0.1) is 0 Å². The highest BCUT2D eigenvalue weighted by molar-refractivity contribution is 7.22. The van der Waals surface area contributed by atoms with E-state index in [-0.39, 0.29) is 11.8 Å². The van der Waals surface area contributed by atoms with Crippen molar-refractivity contribution in [3.05, 3.63) is 23.8 Å². The van der Waals surface area contributed by atoms with E-state index in [1.165, 1.54) is 18.3 Å². The molecule has 1 fully saturated rings. The highest BCUT2D eigenvalue weighted by Gasteiger charge is 2.23. The molecule has 1 aliphatic rings. The third kappa shape index (κ3) is 3.14. The number of carbonyl (C=O) groups is 2. The molecule has 2 amide bonds. The number of hydrogen-bond donors (Lipinski definition) is 2. The van der Waals surface area contributed by atoms with Crippen LogP contribution in [0.4, 0.5) is 5.13 Å². The zero-order valence-electron chi connectivity index (χ0n) is 11.1. The summed E-state index contributed by atoms with van der Waals surface area (Å²) < 4.78 is 0.977. The van der Waals surface area contributed by atoms with Gasteiger partial charge < -0.3 is 10.6 Å². The molecular weight excluding hydrogens is 274 g/mol. The molecular formula is C14H15N3O2S. The number of anilines is 1. The number of thiazole rings is 1. The van der Waals surface area contributed by atoms with Crippen molar-refractivity contribution in [2.24, 2.45) is 0 Å². The molecule has 0 spiro atoms. The normalized spacial score (nSPS) is 14.2. The molecule has 1 aromatic heterocycles. The van der Waals surface area contributed by atoms with Crippen molar-refractivity contribution in [3.8, 4) is 0 Å². The third-order valence-electron chi connectivity index (χ3n) is 3.04. The van der Waals surface area contributed by atoms with Gasteiger partial charge in [0, 0.05) is 13.0 Å². The first-order valence-electron chi connectivity index (χ1n) is 6.56. The molecule has 0 unspecified atom stereocenters. The Kier molecular flexibility index (Phi) is 3.40. The lowest BCUT2D eigenvalue weighted by Gasteiger charge is -2.03. The van der Waals surface area contributed by atoms with Gasteiger partial charge in [-0.3, -0.25) is 9.59 Å². The van der Waals surface area contributed by atoms with Crippen LogP contribution in [0.1, 0.15) is 25.3 Å². The van der Waals surface area contributed by atoms with Crippen molar-refractivity contribution in [1.82, 2.24) is 10.3 Å². The SMILES string of the molecule is CC(=O)Nc1nc2ccc(CC(=O)NC3CC3)cc2s1. The summed E-state index contributed by atoms with van der Waals surface area (Å²) in [5.41, 5.74) is 1.80. The number of carbonyl (C=O) groups excluding carboxylic acids is 2. The second-order valence-corrected chi connectivity index (χ2v) is 6.05. The smallest absolute Gasteiger partial charge is 0.224 e. The lowest BCUT2D eigenvalue weighted by Crippen LogP contribution is -2.26. The van der Waals surface area contributed by atoms with Crippen LogP contribution in [0.2, 0.25) is 0 Å². The van der Waals surface area contributed by atoms with Gasteiger partial charge in [0.05, 0.1) is 16.6 Å². The zero-order valence-corrected chi connectivity index (χ0v) is 11.9. The fourth-order valence-electron chi connectivity index (χ4n) is 1.97. The predicted molar refractivity (Wildman–Crippen MR) is 78.8 cm³/mol. The molecule has 1 aromatic carbocycles. The average Bonchev–Trinajstić information content (AvgIpc) is 3.06. The average molecular weight is 289 g/mol. The maximum Gasteiger partial charge on any atom is 0.224 e. The molecule has 0 aliphatic heterocycles. The van der Waals surface area contributed by atoms with Crippen LogP contribution < -0.4 is 10.6 Å². The minimum Gasteiger partial charge on any atom is -0.353 e. The van der Waals surface area contributed by atoms with Crippen LogP contribution in [0, 0.1) is 0 Å². The molecule has 0 radical (unpaired) electrons. The van der Waals surface area contributed by atoms with Crippen LogP contribution in [0.25, 0.3) is 10.2 Å². The number of rotatable bonds is 4. The molecule has 1 aliphatic carbocycles. The van der Waals surface area contributed by atoms with Gasteiger partial charge in [0.2, 0.25) is 11.8 Å². The van der Waals surface area contributed by atoms with E-state index in [0.717, 1.165) is 28.6 Å². The third-order valence-corrected chi connectivity index (χ3v) is 3.98. The van der Waals surface area contributed by atoms with Crippen molar-refractivity contribution in [1.29, 1.82) is 0 Å². The van der Waals surface area contributed by atoms with E-state index in [9.17, 15) is 9.59 Å². The fraction of sp³-hybridized carbons (Fsp3) is 0.357. The van der Waals surface area contributed by atoms with E-state index < -0.39 is 0 Å². The molecule has 20 heavy (non-hydrogen) atoms. The van der Waals surface area contributed by atoms with E-state index in [4.69, 9.17) is 0 Å². The Labute approximate surface area is 120 Å². The van der Waals surface area contributed by atoms with Gasteiger partial charge in [-0.2, -0.15) is 0 Å². The number of amides is 2. The van der Waals surface area contributed by atoms with Gasteiger partial charge in [0.15, 0.2) is 5.13 Å². The molecule has 5 nitrogen and oxygen atoms in total. The Hall–Kier alpha value is -1.95. The molecule has 104 valence electrons. The minimum absolute atomic E-state index is 0.0680. The van der Waals surface area contributed by atoms with E-state index in [1.807, 2.05) is 18.2 Å². The lowest BCUT2D eigenvalue weighted by molar-refractivity contribution is -0.120. The largest absolute Gasteiger partial charge is 0.353 e. The first kappa shape index (κ1) is 13.1. The standard InChI is InChI=1S/C14H15N3O2S/c1-8(18)15-14-17-11-5-2-9(6-12(11)20-14)7-13(19)16-10-3-4-10/h2,5-6,10H,3-4,7H2,1H3,(H,16,19)(H,15,17,18). The summed E-state index contributed by atoms with van der Waals surface area (Å²) in [7, 11) is 0. The Morgan fingerprint density at radius 3 is 2.90 bits per heavy atom. The monoisotopic (exact) mass is 289 g/mol. The van der Waals surface area contributed by atoms with Crippen LogP contribution in [0.3, 0.4) is 0 Å². The van der Waals surface area contributed by atoms with E-state index in [0.29, 0.717) is 17.6 Å². The Morgan fingerprint density at radius 2 is 2.20 bits per heavy atom. The molecule has 2 N–H and O–H groups in total. The van der Waals surface area contributed by atoms with Crippen LogP contribution >= 0.6 is 11.3 Å². The summed E-state index contributed by atoms with van der Waals surface area (Å²) in [6, 6.07) is 6.15. The van der Waals surface area contributed by atoms with Gasteiger partial charge in [-0.05, 0) is 30.5 Å². The Balaban J connectivity index is 1.75. The highest BCUT2D eigenvalue weighted by atomic mass is 32.1. The first-order chi connectivity index (χ1) is 9.60. The van der Waals surface area contributed by atoms with Crippen molar-refractivity contribution >= 4 is 38.5 Å². The van der Waals surface area contributed by atoms with Gasteiger partial charge in [-0.1, -0.05) is 17.4 Å². The first-order valence-corrected chi connectivity index (χ1v) is 7.38. The van der Waals surface area contributed by atoms with Crippen molar-refractivity contribution < 1.29 is 9.59 Å². The predicted octanol–water partition coefficient (Wildman–Crippen LogP) is 2.08. The number of nitrogens with zero attached hydrogens (tertiary/aromatic N) is 1. The second kappa shape index (κ2) is 5.20. The Bertz CT molecular complexity index is 676. The van der Waals surface area contributed by atoms with Gasteiger partial charge >= 0.3 is 0 Å². The number of fused-ring (bicyclic) bond motifs is 1. The van der Waals surface area contributed by atoms with Gasteiger partial charge in [0.1, 0.15) is 0 Å². The summed E-state index contributed by atoms with van der Waals surface area (Å²) in [5.74, 6) is -0.0634. The maximum absolute atomic E-state index is 11.8. The van der Waals surface area contributed by atoms with Crippen LogP contribution in [0.5, 0.6) is 0 Å². The molecule has 1 heterocycles. The van der Waals surface area contributed by atoms with E-state index >= 15 is 0 Å². The highest BCUT2D eigenvalue weighted by Crippen LogP contribution is 2.27. The molecule has 0 atom stereocenters. The number of benzene rings is 1. The fourth-order valence-corrected chi connectivity index (χ4v) is 2.95. The molecule has 1 saturated carbocycles. The second-order valence-electron chi connectivity index (χ2n) is 5.02. The van der Waals surface area contributed by atoms with E-state index in [1.54, 1.807) is 0 Å². The lowest BCUT2D eigenvalue weighted by atomic mass is 10.1. The maximum atomic E-state index is 11.8. The molecule has 0 bridgehead atoms. The molecule has 0 saturated heterocycles. The number of nitrogens with one attached hydrogen (secondary N) is 2. The van der Waals surface area contributed by atoms with Gasteiger partial charge in [-0.25, -0.2) is 4.98 Å². The quantitative estimate of drug-likeness (QED) is 0.905. The zero-order chi connectivity index (χ0) is 14.1. The molecule has 3 rings (SSSR count). The van der Waals surface area contributed by atoms with Crippen LogP contribution in [-0.4, -0.2) is 22.8 Å². The number of aromatic nitrogens is 1. The molecule has 2 aromatic rings. The van der Waals surface area contributed by atoms with Crippen LogP contribution in [0.15, 0.2) is 18.2 Å². The van der Waals surface area contributed by atoms with Crippen molar-refractivity contribution in [2.45, 2.75) is 32.2 Å². The van der Waals surface area contributed by atoms with Crippen LogP contribution in [-0.2, 0) is 16.0 Å². The summed E-state index contributed by atoms with van der Waals surface area (Å²) in [6.07, 6.45) is 2.58. The summed E-state index contributed by atoms with van der Waals surface area (Å²) >= 11 is 1.42. The van der Waals surface area contributed by atoms with Crippen molar-refractivity contribution in [3.63, 3.8) is 0 Å². The summed E-state index contributed by atoms with van der Waals surface area (Å²) in [4.78, 5) is 27.1. The van der Waals surface area contributed by atoms with Gasteiger partial charge in [0.25, 0.3) is 0 Å². The number of hydrogen-bond acceptors (Lipinski definition) is 4. The molecule has 6 heteroatoms. The summed E-state index contributed by atoms with van der Waals surface area (Å²) in [5, 5.41) is 6.24. The minimum atomic E-state index is -0.131. The summed E-state index contributed by atoms with van der Waals surface area (Å²) in [6.45, 7) is 1.46. The van der Waals surface area contributed by atoms with Crippen molar-refractivity contribution in [2.75, 3.05) is 5.32 Å².